The number of methoxy groups -OCH3 is 1. The average molecular weight is 346 g/mol. The predicted octanol–water partition coefficient (Wildman–Crippen LogP) is 3.50. The molecule has 2 fully saturated rings. The van der Waals surface area contributed by atoms with E-state index in [1.807, 2.05) is 20.8 Å². The number of ketones is 1. The molecule has 5 nitrogen and oxygen atoms in total. The van der Waals surface area contributed by atoms with Gasteiger partial charge in [0.25, 0.3) is 0 Å². The monoisotopic (exact) mass is 346 g/mol. The van der Waals surface area contributed by atoms with E-state index in [1.54, 1.807) is 0 Å². The highest BCUT2D eigenvalue weighted by Crippen LogP contribution is 2.37. The van der Waals surface area contributed by atoms with Gasteiger partial charge in [-0.05, 0) is 57.6 Å². The van der Waals surface area contributed by atoms with E-state index in [0.717, 1.165) is 24.9 Å². The molecule has 3 unspecified atom stereocenters. The molecule has 1 saturated carbocycles. The van der Waals surface area contributed by atoms with Crippen molar-refractivity contribution in [2.75, 3.05) is 20.2 Å². The number of nitrogens with one attached hydrogen (secondary N) is 1. The van der Waals surface area contributed by atoms with E-state index in [1.165, 1.54) is 39.2 Å². The molecule has 2 heterocycles. The first-order valence-electron chi connectivity index (χ1n) is 9.49. The van der Waals surface area contributed by atoms with Gasteiger partial charge < -0.3 is 9.72 Å². The highest BCUT2D eigenvalue weighted by atomic mass is 16.5. The first-order valence-corrected chi connectivity index (χ1v) is 9.49. The number of hydrogen-bond donors (Lipinski definition) is 1. The molecular weight excluding hydrogens is 316 g/mol. The molecule has 0 radical (unpaired) electrons. The summed E-state index contributed by atoms with van der Waals surface area (Å²) in [5.41, 5.74) is 2.44. The first kappa shape index (κ1) is 18.2. The average Bonchev–Trinajstić information content (AvgIpc) is 2.93. The molecule has 1 saturated heterocycles. The van der Waals surface area contributed by atoms with Gasteiger partial charge >= 0.3 is 5.97 Å². The summed E-state index contributed by atoms with van der Waals surface area (Å²) in [5.74, 6) is 1.29. The third-order valence-electron chi connectivity index (χ3n) is 6.32. The maximum Gasteiger partial charge on any atom is 0.339 e. The fourth-order valence-electron chi connectivity index (χ4n) is 4.76. The Kier molecular flexibility index (Phi) is 5.32. The third kappa shape index (κ3) is 3.39. The van der Waals surface area contributed by atoms with Gasteiger partial charge in [-0.2, -0.15) is 0 Å². The lowest BCUT2D eigenvalue weighted by atomic mass is 9.75. The number of nitrogens with zero attached hydrogens (tertiary/aromatic N) is 1. The van der Waals surface area contributed by atoms with Gasteiger partial charge in [-0.25, -0.2) is 4.79 Å². The number of aromatic amines is 1. The number of ether oxygens (including phenoxy) is 1. The summed E-state index contributed by atoms with van der Waals surface area (Å²) >= 11 is 0. The van der Waals surface area contributed by atoms with E-state index in [9.17, 15) is 9.59 Å². The van der Waals surface area contributed by atoms with E-state index in [2.05, 4.69) is 9.88 Å². The topological polar surface area (TPSA) is 62.4 Å². The van der Waals surface area contributed by atoms with Crippen molar-refractivity contribution in [2.24, 2.45) is 11.8 Å². The Morgan fingerprint density at radius 2 is 1.84 bits per heavy atom. The molecule has 1 aromatic rings. The molecule has 0 bridgehead atoms. The van der Waals surface area contributed by atoms with Crippen molar-refractivity contribution in [3.05, 3.63) is 22.5 Å². The minimum absolute atomic E-state index is 0.0741. The molecule has 25 heavy (non-hydrogen) atoms. The fourth-order valence-corrected chi connectivity index (χ4v) is 4.76. The lowest BCUT2D eigenvalue weighted by molar-refractivity contribution is 0.0515. The number of piperidine rings is 1. The number of hydrogen-bond acceptors (Lipinski definition) is 4. The van der Waals surface area contributed by atoms with Gasteiger partial charge in [0.1, 0.15) is 0 Å². The van der Waals surface area contributed by atoms with Crippen LogP contribution in [0.25, 0.3) is 0 Å². The van der Waals surface area contributed by atoms with Crippen molar-refractivity contribution < 1.29 is 14.3 Å². The molecule has 1 aromatic heterocycles. The molecule has 0 amide bonds. The molecule has 138 valence electrons. The predicted molar refractivity (Wildman–Crippen MR) is 97.0 cm³/mol. The Morgan fingerprint density at radius 3 is 2.52 bits per heavy atom. The number of rotatable bonds is 4. The van der Waals surface area contributed by atoms with Crippen LogP contribution in [-0.4, -0.2) is 47.9 Å². The van der Waals surface area contributed by atoms with Crippen LogP contribution < -0.4 is 0 Å². The molecule has 0 aromatic carbocycles. The van der Waals surface area contributed by atoms with Crippen LogP contribution in [-0.2, 0) is 4.74 Å². The van der Waals surface area contributed by atoms with Crippen molar-refractivity contribution in [3.8, 4) is 0 Å². The zero-order valence-corrected chi connectivity index (χ0v) is 15.9. The van der Waals surface area contributed by atoms with Gasteiger partial charge in [-0.15, -0.1) is 0 Å². The zero-order chi connectivity index (χ0) is 18.1. The molecule has 5 heteroatoms. The Morgan fingerprint density at radius 1 is 1.16 bits per heavy atom. The highest BCUT2D eigenvalue weighted by Gasteiger charge is 2.35. The molecule has 1 aliphatic heterocycles. The number of H-pyrrole nitrogens is 1. The van der Waals surface area contributed by atoms with Crippen molar-refractivity contribution in [1.82, 2.24) is 9.88 Å². The Balaban J connectivity index is 1.76. The number of esters is 1. The van der Waals surface area contributed by atoms with Crippen LogP contribution in [0.15, 0.2) is 0 Å². The zero-order valence-electron chi connectivity index (χ0n) is 15.9. The van der Waals surface area contributed by atoms with Crippen LogP contribution in [0.3, 0.4) is 0 Å². The van der Waals surface area contributed by atoms with Crippen LogP contribution in [0.4, 0.5) is 0 Å². The van der Waals surface area contributed by atoms with E-state index in [4.69, 9.17) is 4.74 Å². The molecule has 3 rings (SSSR count). The second kappa shape index (κ2) is 7.32. The number of Topliss-reactive ketones (excluding diaryl/α,β-unsaturated/α-hetero) is 1. The molecule has 0 spiro atoms. The second-order valence-corrected chi connectivity index (χ2v) is 7.75. The maximum atomic E-state index is 13.1. The van der Waals surface area contributed by atoms with Gasteiger partial charge in [0.05, 0.1) is 24.4 Å². The SMILES string of the molecule is COC(=O)c1c(C)[nH]c(C(=O)C(C)N2CCC3CCCCC3C2)c1C. The van der Waals surface area contributed by atoms with Crippen molar-refractivity contribution >= 4 is 11.8 Å². The first-order chi connectivity index (χ1) is 11.9. The summed E-state index contributed by atoms with van der Waals surface area (Å²) in [5, 5.41) is 0. The summed E-state index contributed by atoms with van der Waals surface area (Å²) in [7, 11) is 1.37. The summed E-state index contributed by atoms with van der Waals surface area (Å²) in [6, 6.07) is -0.162. The molecule has 1 N–H and O–H groups in total. The fraction of sp³-hybridized carbons (Fsp3) is 0.700. The van der Waals surface area contributed by atoms with E-state index >= 15 is 0 Å². The largest absolute Gasteiger partial charge is 0.465 e. The minimum atomic E-state index is -0.388. The standard InChI is InChI=1S/C20H30N2O3/c1-12-17(20(24)25-4)13(2)21-18(12)19(23)14(3)22-10-9-15-7-5-6-8-16(15)11-22/h14-16,21H,5-11H2,1-4H3. The van der Waals surface area contributed by atoms with Crippen LogP contribution in [0, 0.1) is 25.7 Å². The Labute approximate surface area is 150 Å². The number of carbonyl (C=O) groups is 2. The van der Waals surface area contributed by atoms with E-state index in [0.29, 0.717) is 22.5 Å². The highest BCUT2D eigenvalue weighted by molar-refractivity contribution is 6.03. The van der Waals surface area contributed by atoms with Crippen molar-refractivity contribution in [2.45, 2.75) is 58.9 Å². The van der Waals surface area contributed by atoms with Gasteiger partial charge in [-0.1, -0.05) is 19.3 Å². The number of fused-ring (bicyclic) bond motifs is 1. The van der Waals surface area contributed by atoms with Gasteiger partial charge in [0.15, 0.2) is 5.78 Å². The summed E-state index contributed by atoms with van der Waals surface area (Å²) in [4.78, 5) is 30.5. The van der Waals surface area contributed by atoms with Crippen LogP contribution in [0.1, 0.15) is 71.1 Å². The molecule has 1 aliphatic carbocycles. The number of aryl methyl sites for hydroxylation is 1. The number of carbonyl (C=O) groups excluding carboxylic acids is 2. The van der Waals surface area contributed by atoms with Crippen molar-refractivity contribution in [1.29, 1.82) is 0 Å². The Bertz CT molecular complexity index is 664. The lowest BCUT2D eigenvalue weighted by Crippen LogP contribution is -2.48. The maximum absolute atomic E-state index is 13.1. The number of likely N-dealkylation sites (tertiary alicyclic amines) is 1. The summed E-state index contributed by atoms with van der Waals surface area (Å²) < 4.78 is 4.85. The third-order valence-corrected chi connectivity index (χ3v) is 6.32. The molecule has 2 aliphatic rings. The number of aromatic nitrogens is 1. The van der Waals surface area contributed by atoms with Crippen molar-refractivity contribution in [3.63, 3.8) is 0 Å². The Hall–Kier alpha value is -1.62. The summed E-state index contributed by atoms with van der Waals surface area (Å²) in [6.45, 7) is 7.66. The summed E-state index contributed by atoms with van der Waals surface area (Å²) in [6.07, 6.45) is 6.56. The quantitative estimate of drug-likeness (QED) is 0.669. The molecular formula is C20H30N2O3. The second-order valence-electron chi connectivity index (χ2n) is 7.75. The van der Waals surface area contributed by atoms with Crippen LogP contribution in [0.2, 0.25) is 0 Å². The minimum Gasteiger partial charge on any atom is -0.465 e. The van der Waals surface area contributed by atoms with E-state index in [-0.39, 0.29) is 17.8 Å². The molecule has 3 atom stereocenters. The van der Waals surface area contributed by atoms with Gasteiger partial charge in [-0.3, -0.25) is 9.69 Å². The van der Waals surface area contributed by atoms with Gasteiger partial charge in [0, 0.05) is 12.2 Å². The van der Waals surface area contributed by atoms with E-state index < -0.39 is 0 Å². The van der Waals surface area contributed by atoms with Gasteiger partial charge in [0.2, 0.25) is 0 Å². The normalized spacial score (nSPS) is 25.3. The smallest absolute Gasteiger partial charge is 0.339 e. The van der Waals surface area contributed by atoms with Crippen LogP contribution >= 0.6 is 0 Å². The lowest BCUT2D eigenvalue weighted by Gasteiger charge is -2.43. The van der Waals surface area contributed by atoms with Crippen LogP contribution in [0.5, 0.6) is 0 Å².